The minimum atomic E-state index is -1.11. The third kappa shape index (κ3) is 3.75. The van der Waals surface area contributed by atoms with Crippen molar-refractivity contribution in [3.8, 4) is 16.9 Å². The Morgan fingerprint density at radius 2 is 1.69 bits per heavy atom. The second kappa shape index (κ2) is 8.66. The van der Waals surface area contributed by atoms with Crippen LogP contribution in [0.25, 0.3) is 11.1 Å². The molecule has 2 aliphatic heterocycles. The number of methoxy groups -OCH3 is 1. The van der Waals surface area contributed by atoms with Crippen LogP contribution in [0, 0.1) is 0 Å². The van der Waals surface area contributed by atoms with Crippen LogP contribution in [-0.4, -0.2) is 60.1 Å². The van der Waals surface area contributed by atoms with Crippen molar-refractivity contribution in [2.75, 3.05) is 26.9 Å². The van der Waals surface area contributed by atoms with E-state index in [1.807, 2.05) is 30.3 Å². The zero-order valence-electron chi connectivity index (χ0n) is 19.6. The Morgan fingerprint density at radius 3 is 2.31 bits per heavy atom. The monoisotopic (exact) mass is 472 g/mol. The summed E-state index contributed by atoms with van der Waals surface area (Å²) in [7, 11) is 1.58. The number of hydrogen-bond acceptors (Lipinski definition) is 6. The van der Waals surface area contributed by atoms with Gasteiger partial charge in [-0.2, -0.15) is 0 Å². The number of carbonyl (C=O) groups is 1. The molecular weight excluding hydrogens is 444 g/mol. The SMILES string of the molecule is COc1cncc(C2(O)CC3COCC(C2)N3C(=O)OCC2c3ccccc3-c3ccccc32)c1. The Hall–Kier alpha value is -3.42. The van der Waals surface area contributed by atoms with Crippen LogP contribution < -0.4 is 4.74 Å². The average molecular weight is 473 g/mol. The number of hydrogen-bond donors (Lipinski definition) is 1. The zero-order valence-corrected chi connectivity index (χ0v) is 19.6. The number of aliphatic hydroxyl groups is 1. The lowest BCUT2D eigenvalue weighted by atomic mass is 9.77. The number of aromatic nitrogens is 1. The number of piperidine rings is 1. The van der Waals surface area contributed by atoms with Crippen molar-refractivity contribution in [2.24, 2.45) is 0 Å². The van der Waals surface area contributed by atoms with Crippen molar-refractivity contribution in [3.63, 3.8) is 0 Å². The van der Waals surface area contributed by atoms with Crippen LogP contribution >= 0.6 is 0 Å². The molecular formula is C28H28N2O5. The summed E-state index contributed by atoms with van der Waals surface area (Å²) >= 11 is 0. The molecule has 2 fully saturated rings. The van der Waals surface area contributed by atoms with Gasteiger partial charge in [-0.15, -0.1) is 0 Å². The summed E-state index contributed by atoms with van der Waals surface area (Å²) in [6.07, 6.45) is 3.63. The van der Waals surface area contributed by atoms with Crippen molar-refractivity contribution in [2.45, 2.75) is 36.4 Å². The maximum Gasteiger partial charge on any atom is 0.410 e. The number of pyridine rings is 1. The van der Waals surface area contributed by atoms with Crippen LogP contribution in [0.1, 0.15) is 35.4 Å². The molecule has 1 aromatic heterocycles. The number of fused-ring (bicyclic) bond motifs is 5. The molecule has 7 heteroatoms. The zero-order chi connectivity index (χ0) is 24.0. The fraction of sp³-hybridized carbons (Fsp3) is 0.357. The number of rotatable bonds is 4. The van der Waals surface area contributed by atoms with Crippen LogP contribution in [0.2, 0.25) is 0 Å². The van der Waals surface area contributed by atoms with E-state index in [0.717, 1.165) is 0 Å². The van der Waals surface area contributed by atoms with E-state index in [0.29, 0.717) is 37.4 Å². The number of ether oxygens (including phenoxy) is 3. The summed E-state index contributed by atoms with van der Waals surface area (Å²) < 4.78 is 17.0. The predicted octanol–water partition coefficient (Wildman–Crippen LogP) is 4.09. The second-order valence-electron chi connectivity index (χ2n) is 9.61. The van der Waals surface area contributed by atoms with Gasteiger partial charge < -0.3 is 19.3 Å². The van der Waals surface area contributed by atoms with Crippen molar-refractivity contribution in [1.29, 1.82) is 0 Å². The topological polar surface area (TPSA) is 81.1 Å². The van der Waals surface area contributed by atoms with Gasteiger partial charge in [-0.1, -0.05) is 48.5 Å². The summed E-state index contributed by atoms with van der Waals surface area (Å²) in [6, 6.07) is 17.8. The Morgan fingerprint density at radius 1 is 1.06 bits per heavy atom. The van der Waals surface area contributed by atoms with Gasteiger partial charge in [0.15, 0.2) is 0 Å². The van der Waals surface area contributed by atoms with Gasteiger partial charge in [0.1, 0.15) is 12.4 Å². The molecule has 3 heterocycles. The van der Waals surface area contributed by atoms with E-state index >= 15 is 0 Å². The first-order chi connectivity index (χ1) is 17.1. The minimum Gasteiger partial charge on any atom is -0.495 e. The molecule has 0 radical (unpaired) electrons. The summed E-state index contributed by atoms with van der Waals surface area (Å²) in [5, 5.41) is 11.6. The Balaban J connectivity index is 1.20. The van der Waals surface area contributed by atoms with Gasteiger partial charge >= 0.3 is 6.09 Å². The lowest BCUT2D eigenvalue weighted by Crippen LogP contribution is -2.62. The summed E-state index contributed by atoms with van der Waals surface area (Å²) in [5.41, 5.74) is 4.35. The van der Waals surface area contributed by atoms with E-state index in [1.165, 1.54) is 22.3 Å². The molecule has 6 rings (SSSR count). The second-order valence-corrected chi connectivity index (χ2v) is 9.61. The van der Waals surface area contributed by atoms with E-state index in [1.54, 1.807) is 24.4 Å². The van der Waals surface area contributed by atoms with E-state index in [4.69, 9.17) is 14.2 Å². The van der Waals surface area contributed by atoms with Crippen molar-refractivity contribution < 1.29 is 24.1 Å². The Bertz CT molecular complexity index is 1200. The van der Waals surface area contributed by atoms with Crippen molar-refractivity contribution >= 4 is 6.09 Å². The van der Waals surface area contributed by atoms with Crippen LogP contribution in [0.15, 0.2) is 67.0 Å². The largest absolute Gasteiger partial charge is 0.495 e. The summed E-state index contributed by atoms with van der Waals surface area (Å²) in [6.45, 7) is 0.995. The van der Waals surface area contributed by atoms with Crippen LogP contribution in [0.3, 0.4) is 0 Å². The lowest BCUT2D eigenvalue weighted by Gasteiger charge is -2.50. The molecule has 0 spiro atoms. The molecule has 2 bridgehead atoms. The van der Waals surface area contributed by atoms with Crippen molar-refractivity contribution in [3.05, 3.63) is 83.7 Å². The molecule has 3 aliphatic rings. The van der Waals surface area contributed by atoms with Gasteiger partial charge in [-0.25, -0.2) is 4.79 Å². The van der Waals surface area contributed by atoms with Gasteiger partial charge in [-0.3, -0.25) is 9.88 Å². The van der Waals surface area contributed by atoms with Gasteiger partial charge in [0, 0.05) is 30.5 Å². The molecule has 35 heavy (non-hydrogen) atoms. The molecule has 3 aromatic rings. The average Bonchev–Trinajstić information content (AvgIpc) is 3.20. The molecule has 1 N–H and O–H groups in total. The lowest BCUT2D eigenvalue weighted by molar-refractivity contribution is -0.136. The molecule has 0 saturated carbocycles. The minimum absolute atomic E-state index is 0.00650. The molecule has 1 amide bonds. The fourth-order valence-corrected chi connectivity index (χ4v) is 5.96. The third-order valence-corrected chi connectivity index (χ3v) is 7.59. The van der Waals surface area contributed by atoms with E-state index in [9.17, 15) is 9.90 Å². The van der Waals surface area contributed by atoms with E-state index in [-0.39, 0.29) is 30.7 Å². The molecule has 180 valence electrons. The van der Waals surface area contributed by atoms with Crippen LogP contribution in [0.5, 0.6) is 5.75 Å². The smallest absolute Gasteiger partial charge is 0.410 e. The van der Waals surface area contributed by atoms with E-state index < -0.39 is 5.60 Å². The highest BCUT2D eigenvalue weighted by molar-refractivity contribution is 5.79. The fourth-order valence-electron chi connectivity index (χ4n) is 5.96. The van der Waals surface area contributed by atoms with Gasteiger partial charge in [0.05, 0.1) is 44.2 Å². The Labute approximate surface area is 204 Å². The highest BCUT2D eigenvalue weighted by Crippen LogP contribution is 2.45. The number of nitrogens with zero attached hydrogens (tertiary/aromatic N) is 2. The first-order valence-corrected chi connectivity index (χ1v) is 12.0. The first kappa shape index (κ1) is 22.1. The normalized spacial score (nSPS) is 25.0. The highest BCUT2D eigenvalue weighted by Gasteiger charge is 2.49. The van der Waals surface area contributed by atoms with Gasteiger partial charge in [-0.05, 0) is 28.3 Å². The molecule has 1 aliphatic carbocycles. The number of carbonyl (C=O) groups excluding carboxylic acids is 1. The maximum atomic E-state index is 13.4. The Kier molecular flexibility index (Phi) is 5.46. The van der Waals surface area contributed by atoms with Crippen LogP contribution in [-0.2, 0) is 15.1 Å². The number of benzene rings is 2. The predicted molar refractivity (Wildman–Crippen MR) is 129 cm³/mol. The molecule has 2 saturated heterocycles. The van der Waals surface area contributed by atoms with Crippen LogP contribution in [0.4, 0.5) is 4.79 Å². The quantitative estimate of drug-likeness (QED) is 0.616. The molecule has 2 unspecified atom stereocenters. The summed E-state index contributed by atoms with van der Waals surface area (Å²) in [4.78, 5) is 19.4. The van der Waals surface area contributed by atoms with Gasteiger partial charge in [0.2, 0.25) is 0 Å². The highest BCUT2D eigenvalue weighted by atomic mass is 16.6. The number of amides is 1. The maximum absolute atomic E-state index is 13.4. The molecule has 2 atom stereocenters. The standard InChI is InChI=1S/C28H28N2O5/c1-33-21-10-18(13-29-14-21)28(32)11-19-15-34-16-20(12-28)30(19)27(31)35-17-26-24-8-4-2-6-22(24)23-7-3-5-9-25(23)26/h2-10,13-14,19-20,26,32H,11-12,15-17H2,1H3. The molecule has 7 nitrogen and oxygen atoms in total. The summed E-state index contributed by atoms with van der Waals surface area (Å²) in [5.74, 6) is 0.600. The molecule has 2 aromatic carbocycles. The number of morpholine rings is 1. The van der Waals surface area contributed by atoms with Crippen molar-refractivity contribution in [1.82, 2.24) is 9.88 Å². The van der Waals surface area contributed by atoms with Gasteiger partial charge in [0.25, 0.3) is 0 Å². The van der Waals surface area contributed by atoms with E-state index in [2.05, 4.69) is 29.2 Å². The first-order valence-electron chi connectivity index (χ1n) is 12.0. The third-order valence-electron chi connectivity index (χ3n) is 7.59.